The molecule has 0 unspecified atom stereocenters. The van der Waals surface area contributed by atoms with E-state index in [0.29, 0.717) is 12.2 Å². The van der Waals surface area contributed by atoms with Crippen LogP contribution in [0.1, 0.15) is 15.9 Å². The highest BCUT2D eigenvalue weighted by molar-refractivity contribution is 5.95. The second kappa shape index (κ2) is 6.96. The molecule has 1 aromatic heterocycles. The molecule has 0 saturated heterocycles. The number of benzene rings is 2. The maximum absolute atomic E-state index is 12.6. The Kier molecular flexibility index (Phi) is 4.56. The summed E-state index contributed by atoms with van der Waals surface area (Å²) in [6.07, 6.45) is 4.63. The van der Waals surface area contributed by atoms with Gasteiger partial charge in [-0.1, -0.05) is 30.3 Å². The van der Waals surface area contributed by atoms with E-state index in [-0.39, 0.29) is 17.2 Å². The minimum Gasteiger partial charge on any atom is -0.337 e. The van der Waals surface area contributed by atoms with E-state index >= 15 is 0 Å². The van der Waals surface area contributed by atoms with Crippen molar-refractivity contribution < 1.29 is 9.72 Å². The third kappa shape index (κ3) is 3.55. The van der Waals surface area contributed by atoms with E-state index in [1.54, 1.807) is 29.9 Å². The molecule has 126 valence electrons. The van der Waals surface area contributed by atoms with Gasteiger partial charge in [0.25, 0.3) is 11.6 Å². The van der Waals surface area contributed by atoms with Crippen LogP contribution in [0.5, 0.6) is 0 Å². The molecule has 25 heavy (non-hydrogen) atoms. The zero-order chi connectivity index (χ0) is 17.8. The number of aromatic nitrogens is 2. The number of nitro benzene ring substituents is 1. The first kappa shape index (κ1) is 16.4. The molecule has 0 fully saturated rings. The minimum absolute atomic E-state index is 0.142. The van der Waals surface area contributed by atoms with E-state index in [1.165, 1.54) is 23.5 Å². The van der Waals surface area contributed by atoms with Crippen LogP contribution < -0.4 is 0 Å². The molecule has 0 aliphatic rings. The van der Waals surface area contributed by atoms with E-state index in [9.17, 15) is 14.9 Å². The van der Waals surface area contributed by atoms with Crippen LogP contribution >= 0.6 is 0 Å². The summed E-state index contributed by atoms with van der Waals surface area (Å²) in [7, 11) is 1.67. The van der Waals surface area contributed by atoms with Crippen LogP contribution in [0.4, 0.5) is 5.69 Å². The Balaban J connectivity index is 1.88. The molecule has 3 aromatic rings. The van der Waals surface area contributed by atoms with Crippen molar-refractivity contribution in [2.45, 2.75) is 6.54 Å². The predicted molar refractivity (Wildman–Crippen MR) is 92.5 cm³/mol. The molecule has 3 rings (SSSR count). The maximum atomic E-state index is 12.6. The van der Waals surface area contributed by atoms with Gasteiger partial charge in [-0.25, -0.2) is 4.98 Å². The molecule has 1 heterocycles. The SMILES string of the molecule is CN(Cc1ccccc1)C(=O)c1ccc(-n2ccnc2)c([N+](=O)[O-])c1. The van der Waals surface area contributed by atoms with Crippen molar-refractivity contribution in [3.05, 3.63) is 88.5 Å². The van der Waals surface area contributed by atoms with E-state index < -0.39 is 4.92 Å². The number of nitro groups is 1. The molecule has 0 radical (unpaired) electrons. The van der Waals surface area contributed by atoms with Gasteiger partial charge in [0.1, 0.15) is 5.69 Å². The molecule has 0 N–H and O–H groups in total. The average molecular weight is 336 g/mol. The van der Waals surface area contributed by atoms with Crippen molar-refractivity contribution in [3.8, 4) is 5.69 Å². The van der Waals surface area contributed by atoms with Gasteiger partial charge in [-0.2, -0.15) is 0 Å². The molecular weight excluding hydrogens is 320 g/mol. The molecule has 0 aliphatic heterocycles. The number of amides is 1. The lowest BCUT2D eigenvalue weighted by molar-refractivity contribution is -0.384. The van der Waals surface area contributed by atoms with Crippen LogP contribution in [-0.4, -0.2) is 32.3 Å². The van der Waals surface area contributed by atoms with Gasteiger partial charge in [-0.05, 0) is 17.7 Å². The Morgan fingerprint density at radius 1 is 1.24 bits per heavy atom. The number of imidazole rings is 1. The fraction of sp³-hybridized carbons (Fsp3) is 0.111. The topological polar surface area (TPSA) is 81.3 Å². The molecule has 1 amide bonds. The summed E-state index contributed by atoms with van der Waals surface area (Å²) in [5, 5.41) is 11.4. The summed E-state index contributed by atoms with van der Waals surface area (Å²) < 4.78 is 1.54. The standard InChI is InChI=1S/C18H16N4O3/c1-20(12-14-5-3-2-4-6-14)18(23)15-7-8-16(17(11-15)22(24)25)21-10-9-19-13-21/h2-11,13H,12H2,1H3. The lowest BCUT2D eigenvalue weighted by Gasteiger charge is -2.17. The van der Waals surface area contributed by atoms with Crippen molar-refractivity contribution >= 4 is 11.6 Å². The van der Waals surface area contributed by atoms with Gasteiger partial charge in [-0.15, -0.1) is 0 Å². The molecule has 0 atom stereocenters. The number of hydrogen-bond acceptors (Lipinski definition) is 4. The zero-order valence-corrected chi connectivity index (χ0v) is 13.6. The summed E-state index contributed by atoms with van der Waals surface area (Å²) >= 11 is 0. The molecule has 2 aromatic carbocycles. The normalized spacial score (nSPS) is 10.4. The van der Waals surface area contributed by atoms with E-state index in [1.807, 2.05) is 30.3 Å². The molecule has 0 aliphatic carbocycles. The Labute approximate surface area is 144 Å². The third-order valence-corrected chi connectivity index (χ3v) is 3.81. The largest absolute Gasteiger partial charge is 0.337 e. The first-order valence-corrected chi connectivity index (χ1v) is 7.62. The third-order valence-electron chi connectivity index (χ3n) is 3.81. The first-order valence-electron chi connectivity index (χ1n) is 7.62. The lowest BCUT2D eigenvalue weighted by atomic mass is 10.1. The quantitative estimate of drug-likeness (QED) is 0.530. The van der Waals surface area contributed by atoms with Crippen LogP contribution in [0, 0.1) is 10.1 Å². The number of hydrogen-bond donors (Lipinski definition) is 0. The van der Waals surface area contributed by atoms with Crippen molar-refractivity contribution in [1.82, 2.24) is 14.5 Å². The second-order valence-corrected chi connectivity index (χ2v) is 5.58. The zero-order valence-electron chi connectivity index (χ0n) is 13.6. The lowest BCUT2D eigenvalue weighted by Crippen LogP contribution is -2.26. The summed E-state index contributed by atoms with van der Waals surface area (Å²) in [6.45, 7) is 0.427. The van der Waals surface area contributed by atoms with Gasteiger partial charge in [-0.3, -0.25) is 14.9 Å². The first-order chi connectivity index (χ1) is 12.1. The van der Waals surface area contributed by atoms with Gasteiger partial charge in [0.15, 0.2) is 0 Å². The fourth-order valence-corrected chi connectivity index (χ4v) is 2.57. The molecule has 7 nitrogen and oxygen atoms in total. The van der Waals surface area contributed by atoms with Gasteiger partial charge >= 0.3 is 0 Å². The van der Waals surface area contributed by atoms with Gasteiger partial charge in [0, 0.05) is 37.6 Å². The predicted octanol–water partition coefficient (Wildman–Crippen LogP) is 3.05. The van der Waals surface area contributed by atoms with Gasteiger partial charge < -0.3 is 9.47 Å². The molecule has 0 saturated carbocycles. The van der Waals surface area contributed by atoms with Crippen LogP contribution in [0.2, 0.25) is 0 Å². The number of rotatable bonds is 5. The molecule has 0 spiro atoms. The second-order valence-electron chi connectivity index (χ2n) is 5.58. The van der Waals surface area contributed by atoms with Crippen LogP contribution in [-0.2, 0) is 6.54 Å². The minimum atomic E-state index is -0.497. The molecular formula is C18H16N4O3. The van der Waals surface area contributed by atoms with Gasteiger partial charge in [0.2, 0.25) is 0 Å². The van der Waals surface area contributed by atoms with Crippen LogP contribution in [0.15, 0.2) is 67.3 Å². The summed E-state index contributed by atoms with van der Waals surface area (Å²) in [4.78, 5) is 28.9. The van der Waals surface area contributed by atoms with Crippen molar-refractivity contribution in [2.75, 3.05) is 7.05 Å². The summed E-state index contributed by atoms with van der Waals surface area (Å²) in [5.41, 5.74) is 1.48. The summed E-state index contributed by atoms with van der Waals surface area (Å²) in [5.74, 6) is -0.274. The highest BCUT2D eigenvalue weighted by Gasteiger charge is 2.20. The maximum Gasteiger partial charge on any atom is 0.294 e. The Morgan fingerprint density at radius 2 is 2.00 bits per heavy atom. The average Bonchev–Trinajstić information content (AvgIpc) is 3.16. The molecule has 0 bridgehead atoms. The van der Waals surface area contributed by atoms with Crippen LogP contribution in [0.3, 0.4) is 0 Å². The number of nitrogens with zero attached hydrogens (tertiary/aromatic N) is 4. The van der Waals surface area contributed by atoms with Crippen molar-refractivity contribution in [2.24, 2.45) is 0 Å². The smallest absolute Gasteiger partial charge is 0.294 e. The Bertz CT molecular complexity index is 892. The number of carbonyl (C=O) groups excluding carboxylic acids is 1. The Hall–Kier alpha value is -3.48. The van der Waals surface area contributed by atoms with Crippen molar-refractivity contribution in [1.29, 1.82) is 0 Å². The van der Waals surface area contributed by atoms with Gasteiger partial charge in [0.05, 0.1) is 11.3 Å². The van der Waals surface area contributed by atoms with E-state index in [0.717, 1.165) is 5.56 Å². The Morgan fingerprint density at radius 3 is 2.64 bits per heavy atom. The number of carbonyl (C=O) groups is 1. The monoisotopic (exact) mass is 336 g/mol. The highest BCUT2D eigenvalue weighted by atomic mass is 16.6. The van der Waals surface area contributed by atoms with E-state index in [2.05, 4.69) is 4.98 Å². The molecule has 7 heteroatoms. The van der Waals surface area contributed by atoms with Crippen molar-refractivity contribution in [3.63, 3.8) is 0 Å². The fourth-order valence-electron chi connectivity index (χ4n) is 2.57. The summed E-state index contributed by atoms with van der Waals surface area (Å²) in [6, 6.07) is 14.0. The van der Waals surface area contributed by atoms with E-state index in [4.69, 9.17) is 0 Å². The highest BCUT2D eigenvalue weighted by Crippen LogP contribution is 2.25. The van der Waals surface area contributed by atoms with Crippen LogP contribution in [0.25, 0.3) is 5.69 Å².